The minimum Gasteiger partial charge on any atom is -0.313 e. The fourth-order valence-corrected chi connectivity index (χ4v) is 1.88. The molecule has 0 saturated carbocycles. The van der Waals surface area contributed by atoms with Crippen molar-refractivity contribution in [3.05, 3.63) is 0 Å². The highest BCUT2D eigenvalue weighted by molar-refractivity contribution is 4.75. The smallest absolute Gasteiger partial charge is 0.0353 e. The lowest BCUT2D eigenvalue weighted by molar-refractivity contribution is -0.173. The Morgan fingerprint density at radius 3 is 2.82 bits per heavy atom. The minimum atomic E-state index is 0.375. The third-order valence-electron chi connectivity index (χ3n) is 2.61. The van der Waals surface area contributed by atoms with Gasteiger partial charge in [0.25, 0.3) is 0 Å². The standard InChI is InChI=1S/C9H19NO/c1-3-5-9-7-4-6-8(2)10(9)11/h8-9,11H,3-7H2,1-2H3/t8-,9+/m0/s1. The van der Waals surface area contributed by atoms with E-state index in [0.29, 0.717) is 12.1 Å². The van der Waals surface area contributed by atoms with Crippen molar-refractivity contribution in [3.8, 4) is 0 Å². The maximum absolute atomic E-state index is 9.60. The van der Waals surface area contributed by atoms with Crippen LogP contribution in [-0.4, -0.2) is 22.4 Å². The van der Waals surface area contributed by atoms with Gasteiger partial charge in [-0.15, -0.1) is 0 Å². The van der Waals surface area contributed by atoms with Gasteiger partial charge in [-0.3, -0.25) is 0 Å². The lowest BCUT2D eigenvalue weighted by Gasteiger charge is -2.35. The summed E-state index contributed by atoms with van der Waals surface area (Å²) in [5.74, 6) is 0. The third kappa shape index (κ3) is 2.17. The molecule has 0 spiro atoms. The molecule has 0 bridgehead atoms. The zero-order valence-electron chi connectivity index (χ0n) is 7.58. The molecule has 1 saturated heterocycles. The SMILES string of the molecule is CCC[C@@H]1CCC[C@H](C)N1O. The molecule has 2 heteroatoms. The van der Waals surface area contributed by atoms with E-state index < -0.39 is 0 Å². The maximum Gasteiger partial charge on any atom is 0.0353 e. The van der Waals surface area contributed by atoms with E-state index in [9.17, 15) is 5.21 Å². The van der Waals surface area contributed by atoms with Crippen molar-refractivity contribution < 1.29 is 5.21 Å². The first-order chi connectivity index (χ1) is 5.25. The van der Waals surface area contributed by atoms with Gasteiger partial charge >= 0.3 is 0 Å². The van der Waals surface area contributed by atoms with Crippen molar-refractivity contribution in [1.29, 1.82) is 0 Å². The molecule has 1 aliphatic heterocycles. The van der Waals surface area contributed by atoms with Crippen molar-refractivity contribution in [2.45, 2.75) is 58.0 Å². The van der Waals surface area contributed by atoms with Crippen LogP contribution in [0.2, 0.25) is 0 Å². The zero-order chi connectivity index (χ0) is 8.27. The van der Waals surface area contributed by atoms with Gasteiger partial charge in [-0.1, -0.05) is 19.8 Å². The van der Waals surface area contributed by atoms with Crippen LogP contribution in [0.25, 0.3) is 0 Å². The largest absolute Gasteiger partial charge is 0.313 e. The summed E-state index contributed by atoms with van der Waals surface area (Å²) in [5, 5.41) is 11.2. The van der Waals surface area contributed by atoms with Crippen molar-refractivity contribution in [2.24, 2.45) is 0 Å². The van der Waals surface area contributed by atoms with E-state index in [1.807, 2.05) is 0 Å². The predicted molar refractivity (Wildman–Crippen MR) is 45.6 cm³/mol. The molecule has 1 N–H and O–H groups in total. The molecular weight excluding hydrogens is 138 g/mol. The normalized spacial score (nSPS) is 34.1. The van der Waals surface area contributed by atoms with E-state index in [1.54, 1.807) is 5.06 Å². The predicted octanol–water partition coefficient (Wildman–Crippen LogP) is 2.42. The zero-order valence-corrected chi connectivity index (χ0v) is 7.58. The van der Waals surface area contributed by atoms with Crippen LogP contribution in [-0.2, 0) is 0 Å². The Kier molecular flexibility index (Phi) is 3.34. The highest BCUT2D eigenvalue weighted by atomic mass is 16.5. The summed E-state index contributed by atoms with van der Waals surface area (Å²) in [6.45, 7) is 4.27. The van der Waals surface area contributed by atoms with Crippen LogP contribution in [0.15, 0.2) is 0 Å². The fourth-order valence-electron chi connectivity index (χ4n) is 1.88. The minimum absolute atomic E-state index is 0.375. The van der Waals surface area contributed by atoms with Crippen LogP contribution in [0.4, 0.5) is 0 Å². The first-order valence-corrected chi connectivity index (χ1v) is 4.73. The summed E-state index contributed by atoms with van der Waals surface area (Å²) in [5.41, 5.74) is 0. The van der Waals surface area contributed by atoms with Crippen molar-refractivity contribution in [1.82, 2.24) is 5.06 Å². The Bertz CT molecular complexity index is 114. The lowest BCUT2D eigenvalue weighted by atomic mass is 9.96. The molecule has 2 nitrogen and oxygen atoms in total. The van der Waals surface area contributed by atoms with Crippen molar-refractivity contribution in [2.75, 3.05) is 0 Å². The molecule has 11 heavy (non-hydrogen) atoms. The number of nitrogens with zero attached hydrogens (tertiary/aromatic N) is 1. The molecular formula is C9H19NO. The Morgan fingerprint density at radius 1 is 1.45 bits per heavy atom. The van der Waals surface area contributed by atoms with E-state index in [1.165, 1.54) is 19.3 Å². The average molecular weight is 157 g/mol. The van der Waals surface area contributed by atoms with Gasteiger partial charge in [0.1, 0.15) is 0 Å². The molecule has 1 rings (SSSR count). The average Bonchev–Trinajstić information content (AvgIpc) is 1.99. The molecule has 0 aromatic heterocycles. The lowest BCUT2D eigenvalue weighted by Crippen LogP contribution is -2.42. The van der Waals surface area contributed by atoms with E-state index in [2.05, 4.69) is 13.8 Å². The van der Waals surface area contributed by atoms with Gasteiger partial charge in [-0.05, 0) is 26.2 Å². The van der Waals surface area contributed by atoms with Crippen LogP contribution in [0.1, 0.15) is 46.0 Å². The van der Waals surface area contributed by atoms with Crippen LogP contribution in [0, 0.1) is 0 Å². The van der Waals surface area contributed by atoms with Gasteiger partial charge in [0, 0.05) is 12.1 Å². The van der Waals surface area contributed by atoms with E-state index in [0.717, 1.165) is 12.8 Å². The van der Waals surface area contributed by atoms with Crippen LogP contribution < -0.4 is 0 Å². The van der Waals surface area contributed by atoms with Crippen molar-refractivity contribution in [3.63, 3.8) is 0 Å². The highest BCUT2D eigenvalue weighted by Crippen LogP contribution is 2.23. The molecule has 0 amide bonds. The number of rotatable bonds is 2. The molecule has 0 radical (unpaired) electrons. The monoisotopic (exact) mass is 157 g/mol. The van der Waals surface area contributed by atoms with Crippen LogP contribution >= 0.6 is 0 Å². The summed E-state index contributed by atoms with van der Waals surface area (Å²) >= 11 is 0. The summed E-state index contributed by atoms with van der Waals surface area (Å²) in [7, 11) is 0. The Hall–Kier alpha value is -0.0800. The number of hydrogen-bond donors (Lipinski definition) is 1. The molecule has 1 aliphatic rings. The number of hydrogen-bond acceptors (Lipinski definition) is 2. The first-order valence-electron chi connectivity index (χ1n) is 4.73. The second-order valence-corrected chi connectivity index (χ2v) is 3.60. The van der Waals surface area contributed by atoms with Crippen LogP contribution in [0.3, 0.4) is 0 Å². The number of piperidine rings is 1. The van der Waals surface area contributed by atoms with Gasteiger partial charge in [-0.25, -0.2) is 0 Å². The second-order valence-electron chi connectivity index (χ2n) is 3.60. The van der Waals surface area contributed by atoms with Gasteiger partial charge < -0.3 is 5.21 Å². The Balaban J connectivity index is 2.38. The van der Waals surface area contributed by atoms with Gasteiger partial charge in [0.2, 0.25) is 0 Å². The van der Waals surface area contributed by atoms with Crippen molar-refractivity contribution >= 4 is 0 Å². The van der Waals surface area contributed by atoms with E-state index >= 15 is 0 Å². The maximum atomic E-state index is 9.60. The Morgan fingerprint density at radius 2 is 2.18 bits per heavy atom. The van der Waals surface area contributed by atoms with Gasteiger partial charge in [0.15, 0.2) is 0 Å². The first kappa shape index (κ1) is 9.01. The van der Waals surface area contributed by atoms with E-state index in [-0.39, 0.29) is 0 Å². The summed E-state index contributed by atoms with van der Waals surface area (Å²) in [4.78, 5) is 0. The molecule has 0 unspecified atom stereocenters. The molecule has 1 heterocycles. The molecule has 66 valence electrons. The third-order valence-corrected chi connectivity index (χ3v) is 2.61. The fraction of sp³-hybridized carbons (Fsp3) is 1.00. The molecule has 0 aromatic rings. The van der Waals surface area contributed by atoms with Crippen LogP contribution in [0.5, 0.6) is 0 Å². The molecule has 0 aromatic carbocycles. The quantitative estimate of drug-likeness (QED) is 0.665. The molecule has 2 atom stereocenters. The second kappa shape index (κ2) is 4.07. The highest BCUT2D eigenvalue weighted by Gasteiger charge is 2.25. The summed E-state index contributed by atoms with van der Waals surface area (Å²) in [6.07, 6.45) is 5.92. The molecule has 1 fully saturated rings. The van der Waals surface area contributed by atoms with Gasteiger partial charge in [-0.2, -0.15) is 5.06 Å². The summed E-state index contributed by atoms with van der Waals surface area (Å²) < 4.78 is 0. The Labute approximate surface area is 69.2 Å². The molecule has 0 aliphatic carbocycles. The topological polar surface area (TPSA) is 23.5 Å². The van der Waals surface area contributed by atoms with E-state index in [4.69, 9.17) is 0 Å². The summed E-state index contributed by atoms with van der Waals surface area (Å²) in [6, 6.07) is 0.809. The van der Waals surface area contributed by atoms with Gasteiger partial charge in [0.05, 0.1) is 0 Å². The number of hydroxylamine groups is 2.